The zero-order valence-corrected chi connectivity index (χ0v) is 8.58. The van der Waals surface area contributed by atoms with Crippen LogP contribution in [-0.2, 0) is 9.59 Å². The summed E-state index contributed by atoms with van der Waals surface area (Å²) in [5.74, 6) is -0.368. The average Bonchev–Trinajstić information content (AvgIpc) is 2.89. The molecule has 1 heterocycles. The highest BCUT2D eigenvalue weighted by Crippen LogP contribution is 2.45. The van der Waals surface area contributed by atoms with Crippen molar-refractivity contribution in [3.63, 3.8) is 0 Å². The molecule has 0 atom stereocenters. The molecule has 1 aliphatic carbocycles. The summed E-state index contributed by atoms with van der Waals surface area (Å²) in [7, 11) is 0. The molecular formula is C10H16N2O3. The van der Waals surface area contributed by atoms with Crippen molar-refractivity contribution < 1.29 is 14.7 Å². The predicted molar refractivity (Wildman–Crippen MR) is 53.3 cm³/mol. The fraction of sp³-hybridized carbons (Fsp3) is 0.800. The number of aliphatic carboxylic acids is 1. The molecule has 5 heteroatoms. The van der Waals surface area contributed by atoms with Gasteiger partial charge in [0.25, 0.3) is 0 Å². The average molecular weight is 212 g/mol. The number of amides is 1. The molecule has 15 heavy (non-hydrogen) atoms. The number of hydrogen-bond donors (Lipinski definition) is 3. The molecule has 2 fully saturated rings. The number of rotatable bonds is 5. The van der Waals surface area contributed by atoms with Crippen molar-refractivity contribution in [1.29, 1.82) is 0 Å². The van der Waals surface area contributed by atoms with Crippen LogP contribution in [0.2, 0.25) is 0 Å². The third-order valence-electron chi connectivity index (χ3n) is 3.27. The Morgan fingerprint density at radius 1 is 1.40 bits per heavy atom. The van der Waals surface area contributed by atoms with Gasteiger partial charge in [-0.05, 0) is 31.8 Å². The van der Waals surface area contributed by atoms with Crippen molar-refractivity contribution in [2.75, 3.05) is 19.6 Å². The van der Waals surface area contributed by atoms with E-state index in [1.165, 1.54) is 0 Å². The van der Waals surface area contributed by atoms with Gasteiger partial charge in [-0.3, -0.25) is 9.59 Å². The lowest BCUT2D eigenvalue weighted by atomic mass is 9.99. The fourth-order valence-electron chi connectivity index (χ4n) is 1.71. The first-order chi connectivity index (χ1) is 7.12. The Morgan fingerprint density at radius 3 is 2.47 bits per heavy atom. The van der Waals surface area contributed by atoms with Crippen LogP contribution in [0, 0.1) is 11.3 Å². The molecule has 84 valence electrons. The van der Waals surface area contributed by atoms with Crippen LogP contribution >= 0.6 is 0 Å². The molecule has 0 unspecified atom stereocenters. The lowest BCUT2D eigenvalue weighted by Crippen LogP contribution is -2.45. The molecule has 1 saturated heterocycles. The molecule has 2 aliphatic rings. The quantitative estimate of drug-likeness (QED) is 0.578. The molecule has 0 aromatic carbocycles. The third-order valence-corrected chi connectivity index (χ3v) is 3.27. The largest absolute Gasteiger partial charge is 0.481 e. The van der Waals surface area contributed by atoms with E-state index in [9.17, 15) is 9.59 Å². The van der Waals surface area contributed by atoms with Crippen LogP contribution in [0.3, 0.4) is 0 Å². The minimum atomic E-state index is -0.784. The molecule has 0 aromatic heterocycles. The second-order valence-corrected chi connectivity index (χ2v) is 4.59. The highest BCUT2D eigenvalue weighted by molar-refractivity contribution is 5.81. The monoisotopic (exact) mass is 212 g/mol. The zero-order chi connectivity index (χ0) is 10.9. The number of carbonyl (C=O) groups is 2. The highest BCUT2D eigenvalue weighted by Gasteiger charge is 2.50. The number of carbonyl (C=O) groups excluding carboxylic acids is 1. The van der Waals surface area contributed by atoms with E-state index in [1.54, 1.807) is 0 Å². The minimum Gasteiger partial charge on any atom is -0.481 e. The normalized spacial score (nSPS) is 22.9. The Balaban J connectivity index is 1.68. The SMILES string of the molecule is O=C(CC1CNC1)NCC1(C(=O)O)CC1. The smallest absolute Gasteiger partial charge is 0.311 e. The van der Waals surface area contributed by atoms with Gasteiger partial charge in [0.1, 0.15) is 0 Å². The zero-order valence-electron chi connectivity index (χ0n) is 8.58. The number of nitrogens with one attached hydrogen (secondary N) is 2. The molecule has 1 aliphatic heterocycles. The molecule has 0 spiro atoms. The molecule has 0 aromatic rings. The molecule has 1 amide bonds. The van der Waals surface area contributed by atoms with Crippen LogP contribution in [0.25, 0.3) is 0 Å². The van der Waals surface area contributed by atoms with E-state index in [2.05, 4.69) is 10.6 Å². The maximum Gasteiger partial charge on any atom is 0.311 e. The topological polar surface area (TPSA) is 78.4 Å². The summed E-state index contributed by atoms with van der Waals surface area (Å²) in [5, 5.41) is 14.7. The summed E-state index contributed by atoms with van der Waals surface area (Å²) in [6.07, 6.45) is 1.89. The molecule has 5 nitrogen and oxygen atoms in total. The van der Waals surface area contributed by atoms with Crippen LogP contribution in [-0.4, -0.2) is 36.6 Å². The molecule has 0 bridgehead atoms. The van der Waals surface area contributed by atoms with Crippen molar-refractivity contribution in [2.45, 2.75) is 19.3 Å². The molecule has 0 radical (unpaired) electrons. The summed E-state index contributed by atoms with van der Waals surface area (Å²) in [5.41, 5.74) is -0.645. The van der Waals surface area contributed by atoms with Gasteiger partial charge < -0.3 is 15.7 Å². The van der Waals surface area contributed by atoms with E-state index >= 15 is 0 Å². The van der Waals surface area contributed by atoms with Crippen molar-refractivity contribution in [2.24, 2.45) is 11.3 Å². The van der Waals surface area contributed by atoms with Crippen LogP contribution in [0.4, 0.5) is 0 Å². The van der Waals surface area contributed by atoms with Gasteiger partial charge in [0, 0.05) is 13.0 Å². The van der Waals surface area contributed by atoms with E-state index in [4.69, 9.17) is 5.11 Å². The lowest BCUT2D eigenvalue weighted by Gasteiger charge is -2.26. The first-order valence-corrected chi connectivity index (χ1v) is 5.33. The number of carboxylic acids is 1. The highest BCUT2D eigenvalue weighted by atomic mass is 16.4. The van der Waals surface area contributed by atoms with Crippen LogP contribution < -0.4 is 10.6 Å². The van der Waals surface area contributed by atoms with Crippen molar-refractivity contribution >= 4 is 11.9 Å². The summed E-state index contributed by atoms with van der Waals surface area (Å²) >= 11 is 0. The van der Waals surface area contributed by atoms with Crippen molar-refractivity contribution in [3.05, 3.63) is 0 Å². The Bertz CT molecular complexity index is 282. The molecule has 2 rings (SSSR count). The summed E-state index contributed by atoms with van der Waals surface area (Å²) in [4.78, 5) is 22.2. The van der Waals surface area contributed by atoms with Gasteiger partial charge in [0.2, 0.25) is 5.91 Å². The minimum absolute atomic E-state index is 0.0194. The van der Waals surface area contributed by atoms with Gasteiger partial charge in [0.15, 0.2) is 0 Å². The number of carboxylic acid groups (broad SMARTS) is 1. The second-order valence-electron chi connectivity index (χ2n) is 4.59. The van der Waals surface area contributed by atoms with Crippen LogP contribution in [0.1, 0.15) is 19.3 Å². The summed E-state index contributed by atoms with van der Waals surface area (Å²) < 4.78 is 0. The maximum absolute atomic E-state index is 11.4. The molecule has 1 saturated carbocycles. The Kier molecular flexibility index (Phi) is 2.65. The maximum atomic E-state index is 11.4. The van der Waals surface area contributed by atoms with Gasteiger partial charge in [-0.15, -0.1) is 0 Å². The standard InChI is InChI=1S/C10H16N2O3/c13-8(3-7-4-11-5-7)12-6-10(1-2-10)9(14)15/h7,11H,1-6H2,(H,12,13)(H,14,15). The van der Waals surface area contributed by atoms with E-state index < -0.39 is 11.4 Å². The third kappa shape index (κ3) is 2.28. The fourth-order valence-corrected chi connectivity index (χ4v) is 1.71. The van der Waals surface area contributed by atoms with Gasteiger partial charge in [-0.1, -0.05) is 0 Å². The van der Waals surface area contributed by atoms with E-state index in [0.29, 0.717) is 31.7 Å². The Labute approximate surface area is 88.2 Å². The molecule has 3 N–H and O–H groups in total. The molecular weight excluding hydrogens is 196 g/mol. The van der Waals surface area contributed by atoms with Gasteiger partial charge in [0.05, 0.1) is 5.41 Å². The first-order valence-electron chi connectivity index (χ1n) is 5.33. The van der Waals surface area contributed by atoms with Crippen molar-refractivity contribution in [1.82, 2.24) is 10.6 Å². The van der Waals surface area contributed by atoms with Crippen molar-refractivity contribution in [3.8, 4) is 0 Å². The van der Waals surface area contributed by atoms with Gasteiger partial charge in [-0.2, -0.15) is 0 Å². The number of hydrogen-bond acceptors (Lipinski definition) is 3. The van der Waals surface area contributed by atoms with Crippen LogP contribution in [0.15, 0.2) is 0 Å². The van der Waals surface area contributed by atoms with E-state index in [1.807, 2.05) is 0 Å². The van der Waals surface area contributed by atoms with Gasteiger partial charge >= 0.3 is 5.97 Å². The summed E-state index contributed by atoms with van der Waals surface area (Å²) in [6.45, 7) is 2.09. The van der Waals surface area contributed by atoms with Gasteiger partial charge in [-0.25, -0.2) is 0 Å². The Hall–Kier alpha value is -1.10. The second kappa shape index (κ2) is 3.81. The van der Waals surface area contributed by atoms with E-state index in [0.717, 1.165) is 13.1 Å². The predicted octanol–water partition coefficient (Wildman–Crippen LogP) is -0.423. The first kappa shape index (κ1) is 10.4. The van der Waals surface area contributed by atoms with Crippen LogP contribution in [0.5, 0.6) is 0 Å². The van der Waals surface area contributed by atoms with E-state index in [-0.39, 0.29) is 5.91 Å². The summed E-state index contributed by atoms with van der Waals surface area (Å²) in [6, 6.07) is 0. The Morgan fingerprint density at radius 2 is 2.07 bits per heavy atom. The lowest BCUT2D eigenvalue weighted by molar-refractivity contribution is -0.143.